The zero-order valence-corrected chi connectivity index (χ0v) is 4.62. The van der Waals surface area contributed by atoms with E-state index in [1.54, 1.807) is 0 Å². The maximum atomic E-state index is 4.04. The summed E-state index contributed by atoms with van der Waals surface area (Å²) in [5, 5.41) is 7.98. The molecule has 2 atom stereocenters. The Morgan fingerprint density at radius 3 is 3.38 bits per heavy atom. The van der Waals surface area contributed by atoms with Crippen molar-refractivity contribution in [3.63, 3.8) is 0 Å². The van der Waals surface area contributed by atoms with Crippen LogP contribution in [0.25, 0.3) is 0 Å². The van der Waals surface area contributed by atoms with E-state index in [2.05, 4.69) is 22.4 Å². The third-order valence-electron chi connectivity index (χ3n) is 1.79. The molecular weight excluding hydrogens is 100 g/mol. The molecule has 0 unspecified atom stereocenters. The van der Waals surface area contributed by atoms with E-state index in [0.29, 0.717) is 6.04 Å². The van der Waals surface area contributed by atoms with Crippen LogP contribution < -0.4 is 0 Å². The van der Waals surface area contributed by atoms with Gasteiger partial charge in [-0.25, -0.2) is 0 Å². The highest BCUT2D eigenvalue weighted by atomic mass is 15.2. The van der Waals surface area contributed by atoms with E-state index in [1.807, 2.05) is 0 Å². The molecule has 1 aliphatic carbocycles. The first-order valence-electron chi connectivity index (χ1n) is 3.00. The number of hydrogen-bond donors (Lipinski definition) is 0. The predicted octanol–water partition coefficient (Wildman–Crippen LogP) is 1.40. The summed E-state index contributed by atoms with van der Waals surface area (Å²) in [6.07, 6.45) is 5.55. The second kappa shape index (κ2) is 1.41. The van der Waals surface area contributed by atoms with E-state index in [9.17, 15) is 0 Å². The molecule has 1 aliphatic heterocycles. The number of nitrogens with zero attached hydrogens (tertiary/aromatic N) is 2. The lowest BCUT2D eigenvalue weighted by atomic mass is 10.1. The first kappa shape index (κ1) is 4.24. The number of allylic oxidation sites excluding steroid dienone is 1. The van der Waals surface area contributed by atoms with Gasteiger partial charge in [-0.1, -0.05) is 12.2 Å². The van der Waals surface area contributed by atoms with E-state index in [0.717, 1.165) is 12.5 Å². The minimum absolute atomic E-state index is 0.454. The van der Waals surface area contributed by atoms with E-state index in [-0.39, 0.29) is 0 Å². The van der Waals surface area contributed by atoms with E-state index < -0.39 is 0 Å². The summed E-state index contributed by atoms with van der Waals surface area (Å²) >= 11 is 0. The Hall–Kier alpha value is -0.660. The van der Waals surface area contributed by atoms with Crippen molar-refractivity contribution in [3.05, 3.63) is 12.2 Å². The van der Waals surface area contributed by atoms with Gasteiger partial charge in [-0.05, 0) is 6.42 Å². The lowest BCUT2D eigenvalue weighted by Gasteiger charge is -2.00. The van der Waals surface area contributed by atoms with Crippen LogP contribution in [0.15, 0.2) is 22.4 Å². The van der Waals surface area contributed by atoms with Gasteiger partial charge in [0.15, 0.2) is 0 Å². The zero-order chi connectivity index (χ0) is 5.40. The van der Waals surface area contributed by atoms with Gasteiger partial charge in [-0.2, -0.15) is 10.2 Å². The molecule has 8 heavy (non-hydrogen) atoms. The Bertz CT molecular complexity index is 133. The molecule has 2 rings (SSSR count). The highest BCUT2D eigenvalue weighted by molar-refractivity contribution is 5.07. The Kier molecular flexibility index (Phi) is 0.745. The molecule has 0 N–H and O–H groups in total. The third-order valence-corrected chi connectivity index (χ3v) is 1.79. The Balaban J connectivity index is 2.22. The highest BCUT2D eigenvalue weighted by Gasteiger charge is 2.25. The Labute approximate surface area is 48.3 Å². The maximum Gasteiger partial charge on any atom is 0.0938 e. The standard InChI is InChI=1S/C6H8N2/c1-2-5-4-7-8-6(5)3-1/h1,3,5-6H,2,4H2/t5-,6-/m1/s1. The normalized spacial score (nSPS) is 41.0. The first-order chi connectivity index (χ1) is 3.97. The topological polar surface area (TPSA) is 24.7 Å². The lowest BCUT2D eigenvalue weighted by Crippen LogP contribution is -2.07. The van der Waals surface area contributed by atoms with E-state index >= 15 is 0 Å². The minimum atomic E-state index is 0.454. The van der Waals surface area contributed by atoms with Crippen LogP contribution in [0.5, 0.6) is 0 Å². The first-order valence-corrected chi connectivity index (χ1v) is 3.00. The van der Waals surface area contributed by atoms with Crippen molar-refractivity contribution in [1.29, 1.82) is 0 Å². The molecule has 2 nitrogen and oxygen atoms in total. The van der Waals surface area contributed by atoms with Crippen LogP contribution in [0, 0.1) is 5.92 Å². The summed E-state index contributed by atoms with van der Waals surface area (Å²) in [6, 6.07) is 0.454. The second-order valence-electron chi connectivity index (χ2n) is 2.35. The average molecular weight is 108 g/mol. The van der Waals surface area contributed by atoms with Crippen LogP contribution in [0.1, 0.15) is 6.42 Å². The molecule has 0 bridgehead atoms. The minimum Gasteiger partial charge on any atom is -0.193 e. The van der Waals surface area contributed by atoms with Crippen molar-refractivity contribution in [2.75, 3.05) is 6.54 Å². The maximum absolute atomic E-state index is 4.04. The molecule has 1 heterocycles. The Morgan fingerprint density at radius 1 is 1.50 bits per heavy atom. The van der Waals surface area contributed by atoms with Gasteiger partial charge in [-0.15, -0.1) is 0 Å². The SMILES string of the molecule is C1=C[C@H]2N=NC[C@H]2C1. The van der Waals surface area contributed by atoms with Crippen LogP contribution >= 0.6 is 0 Å². The summed E-state index contributed by atoms with van der Waals surface area (Å²) in [5.41, 5.74) is 0. The van der Waals surface area contributed by atoms with Gasteiger partial charge >= 0.3 is 0 Å². The van der Waals surface area contributed by atoms with Gasteiger partial charge in [-0.3, -0.25) is 0 Å². The smallest absolute Gasteiger partial charge is 0.0938 e. The van der Waals surface area contributed by atoms with Gasteiger partial charge in [0, 0.05) is 5.92 Å². The zero-order valence-electron chi connectivity index (χ0n) is 4.62. The summed E-state index contributed by atoms with van der Waals surface area (Å²) in [6.45, 7) is 0.956. The molecule has 0 fully saturated rings. The van der Waals surface area contributed by atoms with Crippen molar-refractivity contribution < 1.29 is 0 Å². The van der Waals surface area contributed by atoms with E-state index in [1.165, 1.54) is 6.42 Å². The van der Waals surface area contributed by atoms with Gasteiger partial charge in [0.2, 0.25) is 0 Å². The molecule has 0 saturated carbocycles. The summed E-state index contributed by atoms with van der Waals surface area (Å²) in [4.78, 5) is 0. The monoisotopic (exact) mass is 108 g/mol. The van der Waals surface area contributed by atoms with Crippen molar-refractivity contribution in [3.8, 4) is 0 Å². The molecule has 42 valence electrons. The molecular formula is C6H8N2. The van der Waals surface area contributed by atoms with Crippen LogP contribution in [0.2, 0.25) is 0 Å². The van der Waals surface area contributed by atoms with Crippen LogP contribution in [0.4, 0.5) is 0 Å². The number of hydrogen-bond acceptors (Lipinski definition) is 2. The molecule has 0 spiro atoms. The molecule has 0 aromatic rings. The van der Waals surface area contributed by atoms with Crippen LogP contribution in [-0.2, 0) is 0 Å². The molecule has 2 aliphatic rings. The molecule has 0 radical (unpaired) electrons. The fourth-order valence-corrected chi connectivity index (χ4v) is 1.25. The van der Waals surface area contributed by atoms with Gasteiger partial charge in [0.25, 0.3) is 0 Å². The van der Waals surface area contributed by atoms with Gasteiger partial charge < -0.3 is 0 Å². The highest BCUT2D eigenvalue weighted by Crippen LogP contribution is 2.26. The molecule has 0 saturated heterocycles. The number of azo groups is 1. The summed E-state index contributed by atoms with van der Waals surface area (Å²) < 4.78 is 0. The van der Waals surface area contributed by atoms with E-state index in [4.69, 9.17) is 0 Å². The molecule has 2 heteroatoms. The van der Waals surface area contributed by atoms with Crippen molar-refractivity contribution in [1.82, 2.24) is 0 Å². The molecule has 0 amide bonds. The molecule has 0 aromatic heterocycles. The average Bonchev–Trinajstić information content (AvgIpc) is 2.15. The number of rotatable bonds is 0. The van der Waals surface area contributed by atoms with Crippen molar-refractivity contribution in [2.45, 2.75) is 12.5 Å². The van der Waals surface area contributed by atoms with Crippen molar-refractivity contribution >= 4 is 0 Å². The van der Waals surface area contributed by atoms with Crippen molar-refractivity contribution in [2.24, 2.45) is 16.1 Å². The van der Waals surface area contributed by atoms with Crippen LogP contribution in [0.3, 0.4) is 0 Å². The van der Waals surface area contributed by atoms with Gasteiger partial charge in [0.1, 0.15) is 0 Å². The van der Waals surface area contributed by atoms with Gasteiger partial charge in [0.05, 0.1) is 12.6 Å². The quantitative estimate of drug-likeness (QED) is 0.419. The fourth-order valence-electron chi connectivity index (χ4n) is 1.25. The fraction of sp³-hybridized carbons (Fsp3) is 0.667. The summed E-state index contributed by atoms with van der Waals surface area (Å²) in [7, 11) is 0. The third kappa shape index (κ3) is 0.427. The second-order valence-corrected chi connectivity index (χ2v) is 2.35. The predicted molar refractivity (Wildman–Crippen MR) is 30.8 cm³/mol. The lowest BCUT2D eigenvalue weighted by molar-refractivity contribution is 0.584. The Morgan fingerprint density at radius 2 is 2.50 bits per heavy atom. The van der Waals surface area contributed by atoms with Crippen LogP contribution in [-0.4, -0.2) is 12.6 Å². The summed E-state index contributed by atoms with van der Waals surface area (Å²) in [5.74, 6) is 0.731. The largest absolute Gasteiger partial charge is 0.193 e. The molecule has 0 aromatic carbocycles. The number of fused-ring (bicyclic) bond motifs is 1.